The van der Waals surface area contributed by atoms with E-state index in [1.807, 2.05) is 49.0 Å². The molecule has 6 heteroatoms. The van der Waals surface area contributed by atoms with E-state index in [1.165, 1.54) is 11.1 Å². The molecule has 1 aliphatic carbocycles. The van der Waals surface area contributed by atoms with Crippen molar-refractivity contribution >= 4 is 45.1 Å². The fourth-order valence-electron chi connectivity index (χ4n) is 3.32. The van der Waals surface area contributed by atoms with Gasteiger partial charge in [-0.2, -0.15) is 0 Å². The Kier molecular flexibility index (Phi) is 5.85. The number of benzene rings is 1. The number of esters is 1. The van der Waals surface area contributed by atoms with E-state index in [2.05, 4.69) is 28.1 Å². The molecule has 1 heterocycles. The molecule has 1 saturated carbocycles. The highest BCUT2D eigenvalue weighted by atomic mass is 79.9. The molecule has 2 aromatic rings. The van der Waals surface area contributed by atoms with Gasteiger partial charge in [0.15, 0.2) is 6.73 Å². The first-order valence-corrected chi connectivity index (χ1v) is 9.91. The van der Waals surface area contributed by atoms with Crippen LogP contribution in [-0.2, 0) is 22.7 Å². The Labute approximate surface area is 172 Å². The maximum Gasteiger partial charge on any atom is 0.311 e. The first kappa shape index (κ1) is 19.5. The van der Waals surface area contributed by atoms with Crippen molar-refractivity contribution in [3.05, 3.63) is 68.9 Å². The van der Waals surface area contributed by atoms with E-state index in [-0.39, 0.29) is 34.4 Å². The topological polar surface area (TPSA) is 31.2 Å². The van der Waals surface area contributed by atoms with Crippen LogP contribution in [0.25, 0.3) is 0 Å². The van der Waals surface area contributed by atoms with Gasteiger partial charge in [0.2, 0.25) is 0 Å². The van der Waals surface area contributed by atoms with Gasteiger partial charge in [-0.25, -0.2) is 0 Å². The quantitative estimate of drug-likeness (QED) is 0.504. The first-order chi connectivity index (χ1) is 12.3. The van der Waals surface area contributed by atoms with Gasteiger partial charge in [0, 0.05) is 16.9 Å². The lowest BCUT2D eigenvalue weighted by Crippen LogP contribution is -2.13. The minimum Gasteiger partial charge on any atom is -0.444 e. The van der Waals surface area contributed by atoms with E-state index in [4.69, 9.17) is 27.9 Å². The number of carbonyl (C=O) groups is 1. The summed E-state index contributed by atoms with van der Waals surface area (Å²) in [5, 5.41) is 0. The molecule has 0 aliphatic heterocycles. The molecular formula is C20H20BrCl2NO2. The third-order valence-electron chi connectivity index (χ3n) is 4.96. The summed E-state index contributed by atoms with van der Waals surface area (Å²) >= 11 is 14.9. The highest BCUT2D eigenvalue weighted by Gasteiger charge is 2.61. The Bertz CT molecular complexity index is 823. The van der Waals surface area contributed by atoms with Gasteiger partial charge < -0.3 is 9.30 Å². The zero-order valence-electron chi connectivity index (χ0n) is 14.6. The van der Waals surface area contributed by atoms with Crippen molar-refractivity contribution in [1.82, 2.24) is 4.57 Å². The summed E-state index contributed by atoms with van der Waals surface area (Å²) in [5.41, 5.74) is 2.23. The molecule has 1 aromatic heterocycles. The molecule has 1 aromatic carbocycles. The lowest BCUT2D eigenvalue weighted by atomic mass is 10.1. The molecule has 138 valence electrons. The van der Waals surface area contributed by atoms with E-state index in [0.29, 0.717) is 0 Å². The fraction of sp³-hybridized carbons (Fsp3) is 0.350. The van der Waals surface area contributed by atoms with Crippen molar-refractivity contribution in [1.29, 1.82) is 0 Å². The van der Waals surface area contributed by atoms with Crippen LogP contribution < -0.4 is 0 Å². The molecule has 0 amide bonds. The minimum absolute atomic E-state index is 0.0256. The predicted octanol–water partition coefficient (Wildman–Crippen LogP) is 5.93. The molecular weight excluding hydrogens is 437 g/mol. The SMILES string of the molecule is CC1(C)C(C=C(Cl)Cl)C1C(=O)OCn1ccc(Cc2ccc(Br)cc2)c1. The highest BCUT2D eigenvalue weighted by Crippen LogP contribution is 2.60. The van der Waals surface area contributed by atoms with Gasteiger partial charge in [0.05, 0.1) is 5.92 Å². The molecule has 3 nitrogen and oxygen atoms in total. The second kappa shape index (κ2) is 7.79. The van der Waals surface area contributed by atoms with E-state index >= 15 is 0 Å². The second-order valence-electron chi connectivity index (χ2n) is 7.21. The van der Waals surface area contributed by atoms with Crippen LogP contribution in [0.1, 0.15) is 25.0 Å². The number of hydrogen-bond acceptors (Lipinski definition) is 2. The van der Waals surface area contributed by atoms with Crippen LogP contribution >= 0.6 is 39.1 Å². The summed E-state index contributed by atoms with van der Waals surface area (Å²) < 4.78 is 8.62. The lowest BCUT2D eigenvalue weighted by Gasteiger charge is -2.06. The van der Waals surface area contributed by atoms with Gasteiger partial charge in [0.1, 0.15) is 4.49 Å². The summed E-state index contributed by atoms with van der Waals surface area (Å²) in [5.74, 6) is -0.389. The molecule has 2 unspecified atom stereocenters. The van der Waals surface area contributed by atoms with E-state index in [1.54, 1.807) is 6.08 Å². The van der Waals surface area contributed by atoms with Gasteiger partial charge >= 0.3 is 5.97 Å². The molecule has 0 saturated heterocycles. The molecule has 0 bridgehead atoms. The molecule has 3 rings (SSSR count). The van der Waals surface area contributed by atoms with Gasteiger partial charge in [-0.15, -0.1) is 0 Å². The van der Waals surface area contributed by atoms with Crippen molar-refractivity contribution in [2.45, 2.75) is 27.0 Å². The zero-order chi connectivity index (χ0) is 18.9. The van der Waals surface area contributed by atoms with Crippen LogP contribution in [0.15, 0.2) is 57.8 Å². The second-order valence-corrected chi connectivity index (χ2v) is 9.13. The molecule has 1 fully saturated rings. The third kappa shape index (κ3) is 4.54. The normalized spacial score (nSPS) is 20.5. The minimum atomic E-state index is -0.214. The van der Waals surface area contributed by atoms with Crippen LogP contribution in [-0.4, -0.2) is 10.5 Å². The Hall–Kier alpha value is -1.23. The number of carbonyl (C=O) groups excluding carboxylic acids is 1. The van der Waals surface area contributed by atoms with Crippen LogP contribution in [0.2, 0.25) is 0 Å². The molecule has 0 radical (unpaired) electrons. The predicted molar refractivity (Wildman–Crippen MR) is 108 cm³/mol. The third-order valence-corrected chi connectivity index (χ3v) is 5.74. The average Bonchev–Trinajstić information content (AvgIpc) is 2.92. The molecule has 26 heavy (non-hydrogen) atoms. The summed E-state index contributed by atoms with van der Waals surface area (Å²) in [6, 6.07) is 10.3. The summed E-state index contributed by atoms with van der Waals surface area (Å²) in [4.78, 5) is 12.4. The standard InChI is InChI=1S/C20H20BrCl2NO2/c1-20(2)16(10-17(22)23)18(20)19(25)26-12-24-8-7-14(11-24)9-13-3-5-15(21)6-4-13/h3-8,10-11,16,18H,9,12H2,1-2H3. The summed E-state index contributed by atoms with van der Waals surface area (Å²) in [6.07, 6.45) is 6.49. The molecule has 0 spiro atoms. The van der Waals surface area contributed by atoms with E-state index in [0.717, 1.165) is 10.9 Å². The van der Waals surface area contributed by atoms with Crippen molar-refractivity contribution in [3.8, 4) is 0 Å². The smallest absolute Gasteiger partial charge is 0.311 e. The van der Waals surface area contributed by atoms with Gasteiger partial charge in [-0.05, 0) is 53.2 Å². The van der Waals surface area contributed by atoms with Crippen LogP contribution in [0.5, 0.6) is 0 Å². The van der Waals surface area contributed by atoms with Crippen LogP contribution in [0.4, 0.5) is 0 Å². The van der Waals surface area contributed by atoms with Crippen LogP contribution in [0, 0.1) is 17.3 Å². The fourth-order valence-corrected chi connectivity index (χ4v) is 3.85. The highest BCUT2D eigenvalue weighted by molar-refractivity contribution is 9.10. The summed E-state index contributed by atoms with van der Waals surface area (Å²) in [7, 11) is 0. The number of ether oxygens (including phenoxy) is 1. The molecule has 2 atom stereocenters. The van der Waals surface area contributed by atoms with Gasteiger partial charge in [0.25, 0.3) is 0 Å². The number of aromatic nitrogens is 1. The zero-order valence-corrected chi connectivity index (χ0v) is 17.7. The average molecular weight is 457 g/mol. The molecule has 1 aliphatic rings. The van der Waals surface area contributed by atoms with Gasteiger partial charge in [-0.3, -0.25) is 4.79 Å². The maximum absolute atomic E-state index is 12.4. The number of hydrogen-bond donors (Lipinski definition) is 0. The van der Waals surface area contributed by atoms with Crippen molar-refractivity contribution in [2.24, 2.45) is 17.3 Å². The van der Waals surface area contributed by atoms with E-state index < -0.39 is 0 Å². The Morgan fingerprint density at radius 2 is 1.92 bits per heavy atom. The van der Waals surface area contributed by atoms with Crippen molar-refractivity contribution in [3.63, 3.8) is 0 Å². The van der Waals surface area contributed by atoms with Crippen molar-refractivity contribution < 1.29 is 9.53 Å². The number of halogens is 3. The Morgan fingerprint density at radius 3 is 2.58 bits per heavy atom. The first-order valence-electron chi connectivity index (χ1n) is 8.36. The van der Waals surface area contributed by atoms with Crippen LogP contribution in [0.3, 0.4) is 0 Å². The number of rotatable bonds is 6. The monoisotopic (exact) mass is 455 g/mol. The largest absolute Gasteiger partial charge is 0.444 e. The maximum atomic E-state index is 12.4. The Balaban J connectivity index is 1.54. The van der Waals surface area contributed by atoms with E-state index in [9.17, 15) is 4.79 Å². The van der Waals surface area contributed by atoms with Gasteiger partial charge in [-0.1, -0.05) is 65.1 Å². The summed E-state index contributed by atoms with van der Waals surface area (Å²) in [6.45, 7) is 4.24. The van der Waals surface area contributed by atoms with Crippen molar-refractivity contribution in [2.75, 3.05) is 0 Å². The number of allylic oxidation sites excluding steroid dienone is 1. The Morgan fingerprint density at radius 1 is 1.23 bits per heavy atom. The number of nitrogens with zero attached hydrogens (tertiary/aromatic N) is 1. The molecule has 0 N–H and O–H groups in total. The lowest BCUT2D eigenvalue weighted by molar-refractivity contribution is -0.150.